The third kappa shape index (κ3) is 2.78. The van der Waals surface area contributed by atoms with Crippen molar-refractivity contribution in [2.45, 2.75) is 0 Å². The van der Waals surface area contributed by atoms with Gasteiger partial charge in [-0.15, -0.1) is 0 Å². The number of benzene rings is 1. The van der Waals surface area contributed by atoms with Gasteiger partial charge in [-0.3, -0.25) is 9.78 Å². The highest BCUT2D eigenvalue weighted by Crippen LogP contribution is 2.13. The fraction of sp³-hybridized carbons (Fsp3) is 0.0833. The molecular formula is C12H11N3O2. The summed E-state index contributed by atoms with van der Waals surface area (Å²) < 4.78 is 5.05. The van der Waals surface area contributed by atoms with Gasteiger partial charge in [0.05, 0.1) is 13.3 Å². The zero-order valence-corrected chi connectivity index (χ0v) is 9.25. The quantitative estimate of drug-likeness (QED) is 0.870. The number of anilines is 1. The fourth-order valence-electron chi connectivity index (χ4n) is 1.32. The minimum atomic E-state index is -0.246. The first-order valence-corrected chi connectivity index (χ1v) is 5.01. The van der Waals surface area contributed by atoms with Gasteiger partial charge in [-0.05, 0) is 18.2 Å². The molecule has 0 spiro atoms. The maximum Gasteiger partial charge on any atom is 0.256 e. The molecular weight excluding hydrogens is 218 g/mol. The first-order valence-electron chi connectivity index (χ1n) is 5.01. The molecule has 0 aliphatic rings. The topological polar surface area (TPSA) is 64.1 Å². The molecule has 1 heterocycles. The molecule has 0 radical (unpaired) electrons. The van der Waals surface area contributed by atoms with Crippen molar-refractivity contribution in [3.63, 3.8) is 0 Å². The molecule has 1 aromatic carbocycles. The van der Waals surface area contributed by atoms with Gasteiger partial charge in [0.1, 0.15) is 5.75 Å². The Morgan fingerprint density at radius 3 is 2.94 bits per heavy atom. The molecule has 1 amide bonds. The van der Waals surface area contributed by atoms with Crippen molar-refractivity contribution in [3.05, 3.63) is 48.4 Å². The van der Waals surface area contributed by atoms with E-state index in [0.29, 0.717) is 17.1 Å². The highest BCUT2D eigenvalue weighted by atomic mass is 16.5. The van der Waals surface area contributed by atoms with Crippen LogP contribution in [0.5, 0.6) is 5.75 Å². The number of aromatic nitrogens is 2. The first kappa shape index (κ1) is 11.1. The van der Waals surface area contributed by atoms with Crippen LogP contribution in [0.2, 0.25) is 0 Å². The van der Waals surface area contributed by atoms with Crippen molar-refractivity contribution in [1.82, 2.24) is 9.97 Å². The Morgan fingerprint density at radius 2 is 2.24 bits per heavy atom. The van der Waals surface area contributed by atoms with Crippen LogP contribution in [0.3, 0.4) is 0 Å². The molecule has 0 unspecified atom stereocenters. The summed E-state index contributed by atoms with van der Waals surface area (Å²) in [6.45, 7) is 0. The van der Waals surface area contributed by atoms with E-state index >= 15 is 0 Å². The summed E-state index contributed by atoms with van der Waals surface area (Å²) in [5.41, 5.74) is 0.509. The van der Waals surface area contributed by atoms with Gasteiger partial charge >= 0.3 is 0 Å². The molecule has 1 N–H and O–H groups in total. The fourth-order valence-corrected chi connectivity index (χ4v) is 1.32. The number of hydrogen-bond acceptors (Lipinski definition) is 4. The largest absolute Gasteiger partial charge is 0.497 e. The summed E-state index contributed by atoms with van der Waals surface area (Å²) >= 11 is 0. The Bertz CT molecular complexity index is 514. The van der Waals surface area contributed by atoms with Crippen molar-refractivity contribution >= 4 is 11.7 Å². The van der Waals surface area contributed by atoms with E-state index in [4.69, 9.17) is 4.74 Å². The van der Waals surface area contributed by atoms with Gasteiger partial charge in [0, 0.05) is 18.0 Å². The second-order valence-electron chi connectivity index (χ2n) is 3.28. The number of nitrogens with zero attached hydrogens (tertiary/aromatic N) is 2. The lowest BCUT2D eigenvalue weighted by atomic mass is 10.2. The lowest BCUT2D eigenvalue weighted by molar-refractivity contribution is 0.102. The van der Waals surface area contributed by atoms with Crippen LogP contribution in [0, 0.1) is 0 Å². The first-order chi connectivity index (χ1) is 8.29. The summed E-state index contributed by atoms with van der Waals surface area (Å²) in [5, 5.41) is 2.64. The van der Waals surface area contributed by atoms with E-state index in [-0.39, 0.29) is 5.91 Å². The van der Waals surface area contributed by atoms with Gasteiger partial charge in [0.25, 0.3) is 5.91 Å². The van der Waals surface area contributed by atoms with E-state index in [9.17, 15) is 4.79 Å². The number of nitrogens with one attached hydrogen (secondary N) is 1. The smallest absolute Gasteiger partial charge is 0.256 e. The summed E-state index contributed by atoms with van der Waals surface area (Å²) in [7, 11) is 1.56. The predicted molar refractivity (Wildman–Crippen MR) is 63.0 cm³/mol. The molecule has 0 aliphatic heterocycles. The molecule has 0 fully saturated rings. The highest BCUT2D eigenvalue weighted by molar-refractivity contribution is 6.03. The molecule has 17 heavy (non-hydrogen) atoms. The van der Waals surface area contributed by atoms with Crippen LogP contribution < -0.4 is 10.1 Å². The van der Waals surface area contributed by atoms with Gasteiger partial charge in [0.2, 0.25) is 0 Å². The second-order valence-corrected chi connectivity index (χ2v) is 3.28. The lowest BCUT2D eigenvalue weighted by Crippen LogP contribution is -2.12. The molecule has 5 nitrogen and oxygen atoms in total. The molecule has 2 rings (SSSR count). The van der Waals surface area contributed by atoms with Crippen LogP contribution in [0.1, 0.15) is 10.4 Å². The molecule has 86 valence electrons. The molecule has 0 saturated heterocycles. The van der Waals surface area contributed by atoms with Crippen LogP contribution in [-0.4, -0.2) is 23.0 Å². The number of ether oxygens (including phenoxy) is 1. The Hall–Kier alpha value is -2.43. The zero-order chi connectivity index (χ0) is 12.1. The summed E-state index contributed by atoms with van der Waals surface area (Å²) in [4.78, 5) is 19.7. The predicted octanol–water partition coefficient (Wildman–Crippen LogP) is 1.74. The van der Waals surface area contributed by atoms with E-state index in [0.717, 1.165) is 0 Å². The summed E-state index contributed by atoms with van der Waals surface area (Å²) in [6, 6.07) is 6.89. The summed E-state index contributed by atoms with van der Waals surface area (Å²) in [5.74, 6) is 0.807. The van der Waals surface area contributed by atoms with Crippen molar-refractivity contribution in [2.75, 3.05) is 12.4 Å². The third-order valence-electron chi connectivity index (χ3n) is 2.14. The number of methoxy groups -OCH3 is 1. The minimum absolute atomic E-state index is 0.246. The maximum atomic E-state index is 11.8. The SMILES string of the molecule is COc1cccc(C(=O)Nc2cnccn2)c1. The average molecular weight is 229 g/mol. The monoisotopic (exact) mass is 229 g/mol. The number of rotatable bonds is 3. The van der Waals surface area contributed by atoms with E-state index in [1.54, 1.807) is 37.6 Å². The van der Waals surface area contributed by atoms with Crippen molar-refractivity contribution in [2.24, 2.45) is 0 Å². The van der Waals surface area contributed by atoms with Crippen LogP contribution >= 0.6 is 0 Å². The number of carbonyl (C=O) groups excluding carboxylic acids is 1. The van der Waals surface area contributed by atoms with Crippen LogP contribution in [0.15, 0.2) is 42.9 Å². The minimum Gasteiger partial charge on any atom is -0.497 e. The number of carbonyl (C=O) groups is 1. The molecule has 5 heteroatoms. The molecule has 0 aliphatic carbocycles. The van der Waals surface area contributed by atoms with E-state index in [2.05, 4.69) is 15.3 Å². The van der Waals surface area contributed by atoms with E-state index in [1.807, 2.05) is 0 Å². The van der Waals surface area contributed by atoms with Crippen LogP contribution in [-0.2, 0) is 0 Å². The molecule has 0 bridgehead atoms. The standard InChI is InChI=1S/C12H11N3O2/c1-17-10-4-2-3-9(7-10)12(16)15-11-8-13-5-6-14-11/h2-8H,1H3,(H,14,15,16). The Labute approximate surface area is 98.5 Å². The molecule has 0 atom stereocenters. The van der Waals surface area contributed by atoms with Crippen molar-refractivity contribution in [1.29, 1.82) is 0 Å². The second kappa shape index (κ2) is 5.07. The summed E-state index contributed by atoms with van der Waals surface area (Å²) in [6.07, 6.45) is 4.54. The average Bonchev–Trinajstić information content (AvgIpc) is 2.40. The Morgan fingerprint density at radius 1 is 1.35 bits per heavy atom. The van der Waals surface area contributed by atoms with Gasteiger partial charge in [-0.25, -0.2) is 4.98 Å². The Balaban J connectivity index is 2.14. The van der Waals surface area contributed by atoms with Crippen molar-refractivity contribution < 1.29 is 9.53 Å². The van der Waals surface area contributed by atoms with Gasteiger partial charge in [-0.1, -0.05) is 6.07 Å². The van der Waals surface area contributed by atoms with Crippen molar-refractivity contribution in [3.8, 4) is 5.75 Å². The maximum absolute atomic E-state index is 11.8. The lowest BCUT2D eigenvalue weighted by Gasteiger charge is -2.05. The molecule has 1 aromatic heterocycles. The van der Waals surface area contributed by atoms with E-state index in [1.165, 1.54) is 12.4 Å². The van der Waals surface area contributed by atoms with Crippen LogP contribution in [0.4, 0.5) is 5.82 Å². The van der Waals surface area contributed by atoms with Gasteiger partial charge < -0.3 is 10.1 Å². The number of hydrogen-bond donors (Lipinski definition) is 1. The molecule has 0 saturated carbocycles. The van der Waals surface area contributed by atoms with E-state index < -0.39 is 0 Å². The van der Waals surface area contributed by atoms with Gasteiger partial charge in [-0.2, -0.15) is 0 Å². The normalized spacial score (nSPS) is 9.71. The third-order valence-corrected chi connectivity index (χ3v) is 2.14. The molecule has 2 aromatic rings. The van der Waals surface area contributed by atoms with Crippen LogP contribution in [0.25, 0.3) is 0 Å². The highest BCUT2D eigenvalue weighted by Gasteiger charge is 2.07. The Kier molecular flexibility index (Phi) is 3.30. The zero-order valence-electron chi connectivity index (χ0n) is 9.25. The number of amides is 1. The van der Waals surface area contributed by atoms with Gasteiger partial charge in [0.15, 0.2) is 5.82 Å².